The molecule has 18 heavy (non-hydrogen) atoms. The van der Waals surface area contributed by atoms with E-state index < -0.39 is 10.0 Å². The number of sulfonamides is 1. The highest BCUT2D eigenvalue weighted by molar-refractivity contribution is 9.11. The first-order chi connectivity index (χ1) is 8.42. The van der Waals surface area contributed by atoms with Gasteiger partial charge in [-0.25, -0.2) is 13.1 Å². The average Bonchev–Trinajstić information content (AvgIpc) is 2.61. The standard InChI is InChI=1S/C10H8Br2N2O3S/c1-6-9(12)10(17-13-6)14-18(15,16)8-5-3-2-4-7(8)11/h2-5,14H,1H3. The molecule has 0 radical (unpaired) electrons. The normalized spacial score (nSPS) is 11.5. The summed E-state index contributed by atoms with van der Waals surface area (Å²) in [5, 5.41) is 3.66. The number of hydrogen-bond acceptors (Lipinski definition) is 4. The number of aromatic nitrogens is 1. The number of aryl methyl sites for hydroxylation is 1. The van der Waals surface area contributed by atoms with Crippen LogP contribution in [0.4, 0.5) is 5.88 Å². The van der Waals surface area contributed by atoms with E-state index in [4.69, 9.17) is 4.52 Å². The predicted molar refractivity (Wildman–Crippen MR) is 73.9 cm³/mol. The lowest BCUT2D eigenvalue weighted by atomic mass is 10.4. The molecule has 96 valence electrons. The van der Waals surface area contributed by atoms with Gasteiger partial charge in [-0.2, -0.15) is 0 Å². The van der Waals surface area contributed by atoms with E-state index in [2.05, 4.69) is 41.7 Å². The number of anilines is 1. The topological polar surface area (TPSA) is 72.2 Å². The van der Waals surface area contributed by atoms with Crippen LogP contribution in [0.25, 0.3) is 0 Å². The summed E-state index contributed by atoms with van der Waals surface area (Å²) in [6.45, 7) is 1.70. The van der Waals surface area contributed by atoms with Gasteiger partial charge in [0.05, 0.1) is 5.69 Å². The molecule has 8 heteroatoms. The zero-order valence-electron chi connectivity index (χ0n) is 9.15. The first kappa shape index (κ1) is 13.6. The van der Waals surface area contributed by atoms with E-state index in [9.17, 15) is 8.42 Å². The zero-order chi connectivity index (χ0) is 13.3. The molecule has 0 amide bonds. The lowest BCUT2D eigenvalue weighted by molar-refractivity contribution is 0.430. The summed E-state index contributed by atoms with van der Waals surface area (Å²) in [5.41, 5.74) is 0.569. The summed E-state index contributed by atoms with van der Waals surface area (Å²) >= 11 is 6.39. The van der Waals surface area contributed by atoms with Crippen LogP contribution in [0, 0.1) is 6.92 Å². The molecule has 5 nitrogen and oxygen atoms in total. The summed E-state index contributed by atoms with van der Waals surface area (Å²) in [6, 6.07) is 6.51. The van der Waals surface area contributed by atoms with Crippen LogP contribution in [0.15, 0.2) is 42.6 Å². The Balaban J connectivity index is 2.40. The Kier molecular flexibility index (Phi) is 3.79. The Labute approximate surface area is 121 Å². The van der Waals surface area contributed by atoms with E-state index >= 15 is 0 Å². The smallest absolute Gasteiger partial charge is 0.265 e. The third kappa shape index (κ3) is 2.60. The minimum absolute atomic E-state index is 0.0586. The number of halogens is 2. The molecule has 0 saturated heterocycles. The van der Waals surface area contributed by atoms with Gasteiger partial charge in [-0.1, -0.05) is 17.3 Å². The maximum Gasteiger partial charge on any atom is 0.265 e. The first-order valence-corrected chi connectivity index (χ1v) is 7.88. The molecule has 0 aliphatic rings. The highest BCUT2D eigenvalue weighted by Crippen LogP contribution is 2.29. The molecule has 1 heterocycles. The Morgan fingerprint density at radius 1 is 1.28 bits per heavy atom. The van der Waals surface area contributed by atoms with Crippen LogP contribution in [0.5, 0.6) is 0 Å². The number of nitrogens with one attached hydrogen (secondary N) is 1. The maximum atomic E-state index is 12.1. The van der Waals surface area contributed by atoms with Gasteiger partial charge in [-0.15, -0.1) is 0 Å². The minimum Gasteiger partial charge on any atom is -0.336 e. The van der Waals surface area contributed by atoms with Gasteiger partial charge < -0.3 is 4.52 Å². The van der Waals surface area contributed by atoms with Crippen molar-refractivity contribution in [3.8, 4) is 0 Å². The molecule has 1 aromatic carbocycles. The second-order valence-corrected chi connectivity index (χ2v) is 6.75. The van der Waals surface area contributed by atoms with Crippen molar-refractivity contribution in [3.05, 3.63) is 38.9 Å². The molecule has 0 spiro atoms. The number of hydrogen-bond donors (Lipinski definition) is 1. The fourth-order valence-electron chi connectivity index (χ4n) is 1.26. The Morgan fingerprint density at radius 3 is 2.50 bits per heavy atom. The fourth-order valence-corrected chi connectivity index (χ4v) is 3.64. The molecular formula is C10H8Br2N2O3S. The summed E-state index contributed by atoms with van der Waals surface area (Å²) in [5.74, 6) is 0.0586. The fraction of sp³-hybridized carbons (Fsp3) is 0.100. The van der Waals surface area contributed by atoms with Crippen molar-refractivity contribution in [1.82, 2.24) is 5.16 Å². The molecule has 0 atom stereocenters. The monoisotopic (exact) mass is 394 g/mol. The molecule has 0 aliphatic heterocycles. The molecule has 0 bridgehead atoms. The summed E-state index contributed by atoms with van der Waals surface area (Å²) in [4.78, 5) is 0.131. The van der Waals surface area contributed by atoms with Gasteiger partial charge in [0.1, 0.15) is 9.37 Å². The second-order valence-electron chi connectivity index (χ2n) is 3.45. The van der Waals surface area contributed by atoms with E-state index in [1.165, 1.54) is 6.07 Å². The number of benzene rings is 1. The number of rotatable bonds is 3. The lowest BCUT2D eigenvalue weighted by Crippen LogP contribution is -2.13. The maximum absolute atomic E-state index is 12.1. The minimum atomic E-state index is -3.71. The van der Waals surface area contributed by atoms with Crippen LogP contribution in [0.3, 0.4) is 0 Å². The summed E-state index contributed by atoms with van der Waals surface area (Å²) in [6.07, 6.45) is 0. The van der Waals surface area contributed by atoms with Crippen LogP contribution < -0.4 is 4.72 Å². The molecule has 0 saturated carbocycles. The van der Waals surface area contributed by atoms with Crippen molar-refractivity contribution in [2.75, 3.05) is 4.72 Å². The van der Waals surface area contributed by atoms with Crippen molar-refractivity contribution < 1.29 is 12.9 Å². The van der Waals surface area contributed by atoms with E-state index in [1.807, 2.05) is 0 Å². The molecule has 1 aromatic heterocycles. The first-order valence-electron chi connectivity index (χ1n) is 4.81. The molecule has 1 N–H and O–H groups in total. The second kappa shape index (κ2) is 5.02. The van der Waals surface area contributed by atoms with Crippen LogP contribution in [-0.2, 0) is 10.0 Å². The quantitative estimate of drug-likeness (QED) is 0.865. The van der Waals surface area contributed by atoms with Gasteiger partial charge >= 0.3 is 0 Å². The lowest BCUT2D eigenvalue weighted by Gasteiger charge is -2.06. The Hall–Kier alpha value is -0.860. The molecule has 2 rings (SSSR count). The molecule has 0 fully saturated rings. The highest BCUT2D eigenvalue weighted by atomic mass is 79.9. The number of nitrogens with zero attached hydrogens (tertiary/aromatic N) is 1. The third-order valence-electron chi connectivity index (χ3n) is 2.14. The van der Waals surface area contributed by atoms with Crippen LogP contribution >= 0.6 is 31.9 Å². The SMILES string of the molecule is Cc1noc(NS(=O)(=O)c2ccccc2Br)c1Br. The zero-order valence-corrected chi connectivity index (χ0v) is 13.1. The molecular weight excluding hydrogens is 388 g/mol. The summed E-state index contributed by atoms with van der Waals surface area (Å²) < 4.78 is 32.4. The Bertz CT molecular complexity index is 682. The largest absolute Gasteiger partial charge is 0.336 e. The van der Waals surface area contributed by atoms with Crippen LogP contribution in [-0.4, -0.2) is 13.6 Å². The van der Waals surface area contributed by atoms with Crippen molar-refractivity contribution in [3.63, 3.8) is 0 Å². The highest BCUT2D eigenvalue weighted by Gasteiger charge is 2.21. The van der Waals surface area contributed by atoms with Gasteiger partial charge in [-0.05, 0) is 50.9 Å². The van der Waals surface area contributed by atoms with Crippen LogP contribution in [0.2, 0.25) is 0 Å². The van der Waals surface area contributed by atoms with Crippen molar-refractivity contribution in [1.29, 1.82) is 0 Å². The van der Waals surface area contributed by atoms with E-state index in [-0.39, 0.29) is 10.8 Å². The molecule has 0 aliphatic carbocycles. The molecule has 2 aromatic rings. The van der Waals surface area contributed by atoms with Gasteiger partial charge in [0.25, 0.3) is 15.9 Å². The predicted octanol–water partition coefficient (Wildman–Crippen LogP) is 3.31. The summed E-state index contributed by atoms with van der Waals surface area (Å²) in [7, 11) is -3.71. The van der Waals surface area contributed by atoms with Crippen molar-refractivity contribution in [2.45, 2.75) is 11.8 Å². The van der Waals surface area contributed by atoms with Gasteiger partial charge in [-0.3, -0.25) is 0 Å². The van der Waals surface area contributed by atoms with Gasteiger partial charge in [0.15, 0.2) is 0 Å². The average molecular weight is 396 g/mol. The van der Waals surface area contributed by atoms with Crippen molar-refractivity contribution >= 4 is 47.8 Å². The van der Waals surface area contributed by atoms with Crippen LogP contribution in [0.1, 0.15) is 5.69 Å². The van der Waals surface area contributed by atoms with E-state index in [0.29, 0.717) is 14.6 Å². The molecule has 0 unspecified atom stereocenters. The van der Waals surface area contributed by atoms with Crippen molar-refractivity contribution in [2.24, 2.45) is 0 Å². The Morgan fingerprint density at radius 2 is 1.94 bits per heavy atom. The van der Waals surface area contributed by atoms with Gasteiger partial charge in [0, 0.05) is 4.47 Å². The third-order valence-corrected chi connectivity index (χ3v) is 5.42. The van der Waals surface area contributed by atoms with E-state index in [1.54, 1.807) is 25.1 Å². The van der Waals surface area contributed by atoms with Gasteiger partial charge in [0.2, 0.25) is 0 Å². The van der Waals surface area contributed by atoms with E-state index in [0.717, 1.165) is 0 Å².